The van der Waals surface area contributed by atoms with E-state index in [0.717, 1.165) is 19.5 Å². The fourth-order valence-electron chi connectivity index (χ4n) is 2.46. The monoisotopic (exact) mass is 294 g/mol. The number of hydrogen-bond acceptors (Lipinski definition) is 3. The molecule has 1 amide bonds. The lowest BCUT2D eigenvalue weighted by atomic mass is 10.1. The van der Waals surface area contributed by atoms with Crippen LogP contribution < -0.4 is 10.6 Å². The molecule has 0 spiro atoms. The summed E-state index contributed by atoms with van der Waals surface area (Å²) in [5.41, 5.74) is 1.53. The standard InChI is InChI=1S/C16H26N2OS/c1-11(2)7-8-17-16(19)12(3)18-10-14-9-13-5-4-6-15(13)20-14/h9,11-12,18H,4-8,10H2,1-3H3,(H,17,19). The van der Waals surface area contributed by atoms with Gasteiger partial charge in [0, 0.05) is 22.8 Å². The van der Waals surface area contributed by atoms with Crippen LogP contribution in [0.3, 0.4) is 0 Å². The van der Waals surface area contributed by atoms with Crippen molar-refractivity contribution in [1.29, 1.82) is 0 Å². The van der Waals surface area contributed by atoms with E-state index in [1.807, 2.05) is 18.3 Å². The molecule has 0 radical (unpaired) electrons. The van der Waals surface area contributed by atoms with E-state index in [-0.39, 0.29) is 11.9 Å². The van der Waals surface area contributed by atoms with E-state index in [1.54, 1.807) is 4.88 Å². The Morgan fingerprint density at radius 3 is 2.85 bits per heavy atom. The second-order valence-corrected chi connectivity index (χ2v) is 7.31. The molecule has 20 heavy (non-hydrogen) atoms. The van der Waals surface area contributed by atoms with Gasteiger partial charge in [-0.2, -0.15) is 0 Å². The van der Waals surface area contributed by atoms with Crippen molar-refractivity contribution in [2.24, 2.45) is 5.92 Å². The number of carbonyl (C=O) groups is 1. The number of hydrogen-bond donors (Lipinski definition) is 2. The smallest absolute Gasteiger partial charge is 0.236 e. The second kappa shape index (κ2) is 7.23. The van der Waals surface area contributed by atoms with Crippen LogP contribution in [-0.4, -0.2) is 18.5 Å². The van der Waals surface area contributed by atoms with Crippen LogP contribution in [0, 0.1) is 5.92 Å². The van der Waals surface area contributed by atoms with Crippen LogP contribution in [-0.2, 0) is 24.2 Å². The van der Waals surface area contributed by atoms with Gasteiger partial charge in [-0.3, -0.25) is 4.79 Å². The van der Waals surface area contributed by atoms with Crippen molar-refractivity contribution in [2.45, 2.75) is 59.0 Å². The summed E-state index contributed by atoms with van der Waals surface area (Å²) in [6.45, 7) is 7.85. The molecule has 3 nitrogen and oxygen atoms in total. The topological polar surface area (TPSA) is 41.1 Å². The van der Waals surface area contributed by atoms with Crippen LogP contribution in [0.5, 0.6) is 0 Å². The van der Waals surface area contributed by atoms with E-state index in [0.29, 0.717) is 5.92 Å². The quantitative estimate of drug-likeness (QED) is 0.812. The molecule has 1 heterocycles. The summed E-state index contributed by atoms with van der Waals surface area (Å²) < 4.78 is 0. The van der Waals surface area contributed by atoms with Gasteiger partial charge < -0.3 is 10.6 Å². The SMILES string of the molecule is CC(C)CCNC(=O)C(C)NCc1cc2c(s1)CCC2. The Morgan fingerprint density at radius 2 is 2.15 bits per heavy atom. The first kappa shape index (κ1) is 15.5. The summed E-state index contributed by atoms with van der Waals surface area (Å²) in [7, 11) is 0. The Kier molecular flexibility index (Phi) is 5.61. The first-order chi connectivity index (χ1) is 9.56. The molecule has 1 aromatic rings. The Hall–Kier alpha value is -0.870. The minimum Gasteiger partial charge on any atom is -0.355 e. The number of thiophene rings is 1. The first-order valence-electron chi connectivity index (χ1n) is 7.68. The highest BCUT2D eigenvalue weighted by molar-refractivity contribution is 7.12. The van der Waals surface area contributed by atoms with Gasteiger partial charge in [-0.1, -0.05) is 13.8 Å². The molecule has 2 rings (SSSR count). The molecule has 1 atom stereocenters. The van der Waals surface area contributed by atoms with E-state index < -0.39 is 0 Å². The number of nitrogens with one attached hydrogen (secondary N) is 2. The minimum atomic E-state index is -0.126. The summed E-state index contributed by atoms with van der Waals surface area (Å²) in [6.07, 6.45) is 4.82. The normalized spacial score (nSPS) is 15.4. The third-order valence-electron chi connectivity index (χ3n) is 3.79. The van der Waals surface area contributed by atoms with Gasteiger partial charge in [-0.25, -0.2) is 0 Å². The van der Waals surface area contributed by atoms with Crippen molar-refractivity contribution in [3.05, 3.63) is 21.4 Å². The molecule has 112 valence electrons. The summed E-state index contributed by atoms with van der Waals surface area (Å²) in [5.74, 6) is 0.738. The molecule has 0 saturated heterocycles. The first-order valence-corrected chi connectivity index (χ1v) is 8.49. The largest absolute Gasteiger partial charge is 0.355 e. The van der Waals surface area contributed by atoms with Crippen LogP contribution in [0.25, 0.3) is 0 Å². The van der Waals surface area contributed by atoms with Gasteiger partial charge in [0.05, 0.1) is 6.04 Å². The predicted octanol–water partition coefficient (Wildman–Crippen LogP) is 2.88. The van der Waals surface area contributed by atoms with Crippen LogP contribution in [0.15, 0.2) is 6.07 Å². The fourth-order valence-corrected chi connectivity index (χ4v) is 3.67. The van der Waals surface area contributed by atoms with E-state index in [4.69, 9.17) is 0 Å². The molecule has 4 heteroatoms. The maximum absolute atomic E-state index is 11.9. The van der Waals surface area contributed by atoms with Crippen molar-refractivity contribution in [2.75, 3.05) is 6.54 Å². The third-order valence-corrected chi connectivity index (χ3v) is 5.03. The molecule has 2 N–H and O–H groups in total. The predicted molar refractivity (Wildman–Crippen MR) is 85.1 cm³/mol. The van der Waals surface area contributed by atoms with E-state index in [2.05, 4.69) is 30.5 Å². The van der Waals surface area contributed by atoms with Crippen molar-refractivity contribution >= 4 is 17.2 Å². The Balaban J connectivity index is 1.71. The number of aryl methyl sites for hydroxylation is 2. The minimum absolute atomic E-state index is 0.106. The highest BCUT2D eigenvalue weighted by atomic mass is 32.1. The molecule has 0 fully saturated rings. The molecule has 1 aromatic heterocycles. The van der Waals surface area contributed by atoms with E-state index in [9.17, 15) is 4.79 Å². The van der Waals surface area contributed by atoms with E-state index in [1.165, 1.54) is 29.7 Å². The zero-order valence-corrected chi connectivity index (χ0v) is 13.6. The van der Waals surface area contributed by atoms with Crippen LogP contribution in [0.2, 0.25) is 0 Å². The maximum Gasteiger partial charge on any atom is 0.236 e. The molecular weight excluding hydrogens is 268 g/mol. The number of carbonyl (C=O) groups excluding carboxylic acids is 1. The molecule has 1 aliphatic carbocycles. The van der Waals surface area contributed by atoms with E-state index >= 15 is 0 Å². The van der Waals surface area contributed by atoms with Crippen molar-refractivity contribution in [3.8, 4) is 0 Å². The fraction of sp³-hybridized carbons (Fsp3) is 0.688. The van der Waals surface area contributed by atoms with Gasteiger partial charge in [-0.15, -0.1) is 11.3 Å². The molecule has 0 aliphatic heterocycles. The molecular formula is C16H26N2OS. The van der Waals surface area contributed by atoms with Gasteiger partial charge in [0.25, 0.3) is 0 Å². The lowest BCUT2D eigenvalue weighted by Gasteiger charge is -2.14. The summed E-state index contributed by atoms with van der Waals surface area (Å²) in [6, 6.07) is 2.18. The number of amides is 1. The average molecular weight is 294 g/mol. The van der Waals surface area contributed by atoms with Gasteiger partial charge in [-0.05, 0) is 50.2 Å². The van der Waals surface area contributed by atoms with Gasteiger partial charge in [0.15, 0.2) is 0 Å². The highest BCUT2D eigenvalue weighted by Crippen LogP contribution is 2.30. The van der Waals surface area contributed by atoms with Crippen molar-refractivity contribution in [3.63, 3.8) is 0 Å². The number of rotatable bonds is 7. The Labute approximate surface area is 126 Å². The van der Waals surface area contributed by atoms with Gasteiger partial charge in [0.2, 0.25) is 5.91 Å². The molecule has 0 saturated carbocycles. The number of fused-ring (bicyclic) bond motifs is 1. The third kappa shape index (κ3) is 4.32. The summed E-state index contributed by atoms with van der Waals surface area (Å²) in [5, 5.41) is 6.31. The lowest BCUT2D eigenvalue weighted by Crippen LogP contribution is -2.42. The van der Waals surface area contributed by atoms with Gasteiger partial charge in [0.1, 0.15) is 0 Å². The molecule has 1 aliphatic rings. The van der Waals surface area contributed by atoms with Crippen molar-refractivity contribution in [1.82, 2.24) is 10.6 Å². The zero-order chi connectivity index (χ0) is 14.5. The molecule has 0 aromatic carbocycles. The highest BCUT2D eigenvalue weighted by Gasteiger charge is 2.16. The Bertz CT molecular complexity index is 432. The van der Waals surface area contributed by atoms with Crippen LogP contribution in [0.1, 0.15) is 48.9 Å². The zero-order valence-electron chi connectivity index (χ0n) is 12.8. The van der Waals surface area contributed by atoms with Crippen LogP contribution >= 0.6 is 11.3 Å². The van der Waals surface area contributed by atoms with Crippen LogP contribution in [0.4, 0.5) is 0 Å². The average Bonchev–Trinajstić information content (AvgIpc) is 2.95. The molecule has 1 unspecified atom stereocenters. The maximum atomic E-state index is 11.9. The lowest BCUT2D eigenvalue weighted by molar-refractivity contribution is -0.122. The second-order valence-electron chi connectivity index (χ2n) is 6.09. The summed E-state index contributed by atoms with van der Waals surface area (Å²) in [4.78, 5) is 14.8. The Morgan fingerprint density at radius 1 is 1.35 bits per heavy atom. The summed E-state index contributed by atoms with van der Waals surface area (Å²) >= 11 is 1.90. The van der Waals surface area contributed by atoms with Gasteiger partial charge >= 0.3 is 0 Å². The molecule has 0 bridgehead atoms. The van der Waals surface area contributed by atoms with Crippen molar-refractivity contribution < 1.29 is 4.79 Å².